The van der Waals surface area contributed by atoms with Gasteiger partial charge in [-0.1, -0.05) is 41.5 Å². The molecule has 0 aliphatic carbocycles. The molecule has 0 radical (unpaired) electrons. The van der Waals surface area contributed by atoms with E-state index in [2.05, 4.69) is 39.6 Å². The van der Waals surface area contributed by atoms with Crippen molar-refractivity contribution in [3.8, 4) is 0 Å². The Morgan fingerprint density at radius 1 is 0.471 bits per heavy atom. The fourth-order valence-corrected chi connectivity index (χ4v) is 1.24. The van der Waals surface area contributed by atoms with Gasteiger partial charge in [0, 0.05) is 11.4 Å². The first kappa shape index (κ1) is 21.4. The van der Waals surface area contributed by atoms with Crippen LogP contribution >= 0.6 is 0 Å². The maximum absolute atomic E-state index is 4.43. The van der Waals surface area contributed by atoms with E-state index in [1.165, 1.54) is 16.7 Å². The molecular formula is C16H33N. The SMILES string of the molecule is CC.CC.CC.Cc1nc(C)c(C)c(C)c1C. The van der Waals surface area contributed by atoms with Crippen LogP contribution in [0.5, 0.6) is 0 Å². The average molecular weight is 239 g/mol. The molecular weight excluding hydrogens is 206 g/mol. The number of aryl methyl sites for hydroxylation is 2. The lowest BCUT2D eigenvalue weighted by atomic mass is 10.0. The minimum Gasteiger partial charge on any atom is -0.258 e. The highest BCUT2D eigenvalue weighted by atomic mass is 14.7. The number of hydrogen-bond donors (Lipinski definition) is 0. The third-order valence-corrected chi connectivity index (χ3v) is 2.55. The smallest absolute Gasteiger partial charge is 0.0407 e. The van der Waals surface area contributed by atoms with Crippen molar-refractivity contribution in [3.63, 3.8) is 0 Å². The highest BCUT2D eigenvalue weighted by Crippen LogP contribution is 2.16. The molecule has 0 unspecified atom stereocenters. The molecule has 1 aromatic heterocycles. The van der Waals surface area contributed by atoms with Gasteiger partial charge in [0.1, 0.15) is 0 Å². The molecule has 0 aromatic carbocycles. The van der Waals surface area contributed by atoms with E-state index in [0.29, 0.717) is 0 Å². The predicted octanol–water partition coefficient (Wildman–Crippen LogP) is 5.70. The summed E-state index contributed by atoms with van der Waals surface area (Å²) in [6, 6.07) is 0. The van der Waals surface area contributed by atoms with E-state index in [4.69, 9.17) is 0 Å². The lowest BCUT2D eigenvalue weighted by Crippen LogP contribution is -1.98. The van der Waals surface area contributed by atoms with Crippen LogP contribution in [0.15, 0.2) is 0 Å². The van der Waals surface area contributed by atoms with E-state index in [0.717, 1.165) is 11.4 Å². The molecule has 1 nitrogen and oxygen atoms in total. The van der Waals surface area contributed by atoms with Gasteiger partial charge in [0.25, 0.3) is 0 Å². The molecule has 1 aromatic rings. The zero-order valence-electron chi connectivity index (χ0n) is 13.9. The van der Waals surface area contributed by atoms with Gasteiger partial charge in [-0.05, 0) is 51.3 Å². The lowest BCUT2D eigenvalue weighted by Gasteiger charge is -2.09. The van der Waals surface area contributed by atoms with Gasteiger partial charge >= 0.3 is 0 Å². The van der Waals surface area contributed by atoms with Crippen LogP contribution < -0.4 is 0 Å². The van der Waals surface area contributed by atoms with Crippen molar-refractivity contribution < 1.29 is 0 Å². The average Bonchev–Trinajstić information content (AvgIpc) is 2.41. The van der Waals surface area contributed by atoms with Crippen molar-refractivity contribution in [2.24, 2.45) is 0 Å². The lowest BCUT2D eigenvalue weighted by molar-refractivity contribution is 1.03. The van der Waals surface area contributed by atoms with Crippen molar-refractivity contribution >= 4 is 0 Å². The third-order valence-electron chi connectivity index (χ3n) is 2.55. The van der Waals surface area contributed by atoms with Crippen molar-refractivity contribution in [3.05, 3.63) is 28.1 Å². The molecule has 0 spiro atoms. The van der Waals surface area contributed by atoms with Crippen LogP contribution in [-0.2, 0) is 0 Å². The van der Waals surface area contributed by atoms with Gasteiger partial charge in [-0.3, -0.25) is 4.98 Å². The van der Waals surface area contributed by atoms with Crippen LogP contribution in [0.4, 0.5) is 0 Å². The van der Waals surface area contributed by atoms with Crippen LogP contribution in [0.1, 0.15) is 69.6 Å². The van der Waals surface area contributed by atoms with Gasteiger partial charge in [-0.25, -0.2) is 0 Å². The molecule has 0 atom stereocenters. The maximum Gasteiger partial charge on any atom is 0.0407 e. The predicted molar refractivity (Wildman–Crippen MR) is 82.0 cm³/mol. The fraction of sp³-hybridized carbons (Fsp3) is 0.688. The van der Waals surface area contributed by atoms with Gasteiger partial charge in [0.15, 0.2) is 0 Å². The first-order chi connectivity index (χ1) is 8.04. The first-order valence-electron chi connectivity index (χ1n) is 6.95. The quantitative estimate of drug-likeness (QED) is 0.565. The number of aromatic nitrogens is 1. The van der Waals surface area contributed by atoms with Gasteiger partial charge in [0.2, 0.25) is 0 Å². The molecule has 0 amide bonds. The largest absolute Gasteiger partial charge is 0.258 e. The Kier molecular flexibility index (Phi) is 16.7. The molecule has 0 aliphatic heterocycles. The van der Waals surface area contributed by atoms with Crippen molar-refractivity contribution in [1.29, 1.82) is 0 Å². The minimum atomic E-state index is 1.16. The van der Waals surface area contributed by atoms with Gasteiger partial charge in [-0.15, -0.1) is 0 Å². The Hall–Kier alpha value is -0.850. The van der Waals surface area contributed by atoms with Crippen molar-refractivity contribution in [1.82, 2.24) is 4.98 Å². The van der Waals surface area contributed by atoms with E-state index in [1.807, 2.05) is 41.5 Å². The number of rotatable bonds is 0. The topological polar surface area (TPSA) is 12.9 Å². The first-order valence-corrected chi connectivity index (χ1v) is 6.95. The Morgan fingerprint density at radius 2 is 0.706 bits per heavy atom. The summed E-state index contributed by atoms with van der Waals surface area (Å²) in [7, 11) is 0. The van der Waals surface area contributed by atoms with Crippen molar-refractivity contribution in [2.75, 3.05) is 0 Å². The summed E-state index contributed by atoms with van der Waals surface area (Å²) in [5.41, 5.74) is 6.35. The summed E-state index contributed by atoms with van der Waals surface area (Å²) in [6.07, 6.45) is 0. The highest BCUT2D eigenvalue weighted by molar-refractivity contribution is 5.36. The van der Waals surface area contributed by atoms with E-state index >= 15 is 0 Å². The van der Waals surface area contributed by atoms with Gasteiger partial charge < -0.3 is 0 Å². The molecule has 0 N–H and O–H groups in total. The zero-order chi connectivity index (χ0) is 14.6. The summed E-state index contributed by atoms with van der Waals surface area (Å²) < 4.78 is 0. The van der Waals surface area contributed by atoms with Crippen LogP contribution in [0.3, 0.4) is 0 Å². The molecule has 0 fully saturated rings. The molecule has 0 saturated heterocycles. The second-order valence-corrected chi connectivity index (χ2v) is 3.16. The molecule has 1 heterocycles. The molecule has 1 heteroatoms. The third kappa shape index (κ3) is 7.14. The number of pyridine rings is 1. The normalized spacial score (nSPS) is 7.71. The summed E-state index contributed by atoms with van der Waals surface area (Å²) in [5.74, 6) is 0. The Bertz CT molecular complexity index is 262. The van der Waals surface area contributed by atoms with E-state index < -0.39 is 0 Å². The summed E-state index contributed by atoms with van der Waals surface area (Å²) in [4.78, 5) is 4.43. The molecule has 1 rings (SSSR count). The molecule has 0 saturated carbocycles. The van der Waals surface area contributed by atoms with Gasteiger partial charge in [-0.2, -0.15) is 0 Å². The number of hydrogen-bond acceptors (Lipinski definition) is 1. The Labute approximate surface area is 110 Å². The van der Waals surface area contributed by atoms with Crippen LogP contribution in [0, 0.1) is 34.6 Å². The van der Waals surface area contributed by atoms with Crippen LogP contribution in [-0.4, -0.2) is 4.98 Å². The molecule has 0 bridgehead atoms. The van der Waals surface area contributed by atoms with Crippen LogP contribution in [0.2, 0.25) is 0 Å². The van der Waals surface area contributed by atoms with E-state index in [9.17, 15) is 0 Å². The maximum atomic E-state index is 4.43. The highest BCUT2D eigenvalue weighted by Gasteiger charge is 2.03. The molecule has 0 aliphatic rings. The monoisotopic (exact) mass is 239 g/mol. The minimum absolute atomic E-state index is 1.16. The Balaban J connectivity index is -0.000000285. The fourth-order valence-electron chi connectivity index (χ4n) is 1.24. The molecule has 17 heavy (non-hydrogen) atoms. The summed E-state index contributed by atoms with van der Waals surface area (Å²) >= 11 is 0. The second-order valence-electron chi connectivity index (χ2n) is 3.16. The summed E-state index contributed by atoms with van der Waals surface area (Å²) in [6.45, 7) is 22.5. The second kappa shape index (κ2) is 13.2. The molecule has 102 valence electrons. The summed E-state index contributed by atoms with van der Waals surface area (Å²) in [5, 5.41) is 0. The van der Waals surface area contributed by atoms with E-state index in [1.54, 1.807) is 0 Å². The standard InChI is InChI=1S/C10H15N.3C2H6/c1-6-7(2)9(4)11-10(5)8(6)3;3*1-2/h1-5H3;3*1-2H3. The van der Waals surface area contributed by atoms with Crippen LogP contribution in [0.25, 0.3) is 0 Å². The van der Waals surface area contributed by atoms with E-state index in [-0.39, 0.29) is 0 Å². The van der Waals surface area contributed by atoms with Gasteiger partial charge in [0.05, 0.1) is 0 Å². The Morgan fingerprint density at radius 3 is 0.941 bits per heavy atom. The number of nitrogens with zero attached hydrogens (tertiary/aromatic N) is 1. The zero-order valence-corrected chi connectivity index (χ0v) is 13.9. The van der Waals surface area contributed by atoms with Crippen molar-refractivity contribution in [2.45, 2.75) is 76.2 Å².